The molecule has 2 rings (SSSR count). The van der Waals surface area contributed by atoms with Gasteiger partial charge in [-0.05, 0) is 49.2 Å². The van der Waals surface area contributed by atoms with Gasteiger partial charge in [-0.2, -0.15) is 0 Å². The van der Waals surface area contributed by atoms with Crippen molar-refractivity contribution in [3.8, 4) is 0 Å². The van der Waals surface area contributed by atoms with Gasteiger partial charge in [0.05, 0.1) is 16.0 Å². The number of carbonyl (C=O) groups is 2. The molecule has 7 heteroatoms. The SMILES string of the molecule is CCCCC(=O)Nc1cccc(SC(CC)C(=O)Nc2cc(Cl)ccc2Cl)c1. The first kappa shape index (κ1) is 22.6. The predicted molar refractivity (Wildman–Crippen MR) is 120 cm³/mol. The van der Waals surface area contributed by atoms with Crippen LogP contribution in [0.5, 0.6) is 0 Å². The lowest BCUT2D eigenvalue weighted by Gasteiger charge is -2.16. The van der Waals surface area contributed by atoms with E-state index in [0.29, 0.717) is 28.6 Å². The van der Waals surface area contributed by atoms with Gasteiger partial charge in [0.15, 0.2) is 0 Å². The van der Waals surface area contributed by atoms with Crippen molar-refractivity contribution in [2.75, 3.05) is 10.6 Å². The minimum atomic E-state index is -0.305. The first-order chi connectivity index (χ1) is 13.4. The normalized spacial score (nSPS) is 11.7. The molecule has 0 bridgehead atoms. The molecule has 2 N–H and O–H groups in total. The summed E-state index contributed by atoms with van der Waals surface area (Å²) in [6.07, 6.45) is 2.99. The Hall–Kier alpha value is -1.69. The van der Waals surface area contributed by atoms with Gasteiger partial charge in [-0.25, -0.2) is 0 Å². The van der Waals surface area contributed by atoms with Crippen molar-refractivity contribution >= 4 is 58.2 Å². The first-order valence-electron chi connectivity index (χ1n) is 9.25. The summed E-state index contributed by atoms with van der Waals surface area (Å²) < 4.78 is 0. The van der Waals surface area contributed by atoms with E-state index < -0.39 is 0 Å². The number of halogens is 2. The van der Waals surface area contributed by atoms with Crippen molar-refractivity contribution in [1.82, 2.24) is 0 Å². The monoisotopic (exact) mass is 438 g/mol. The highest BCUT2D eigenvalue weighted by atomic mass is 35.5. The topological polar surface area (TPSA) is 58.2 Å². The van der Waals surface area contributed by atoms with Gasteiger partial charge < -0.3 is 10.6 Å². The molecule has 2 aromatic rings. The second-order valence-electron chi connectivity index (χ2n) is 6.31. The number of rotatable bonds is 9. The zero-order valence-electron chi connectivity index (χ0n) is 15.9. The standard InChI is InChI=1S/C21H24Cl2N2O2S/c1-3-5-9-20(26)24-15-7-6-8-16(13-15)28-19(4-2)21(27)25-18-12-14(22)10-11-17(18)23/h6-8,10-13,19H,3-5,9H2,1-2H3,(H,24,26)(H,25,27). The van der Waals surface area contributed by atoms with Crippen LogP contribution < -0.4 is 10.6 Å². The van der Waals surface area contributed by atoms with Crippen LogP contribution in [0.15, 0.2) is 47.4 Å². The summed E-state index contributed by atoms with van der Waals surface area (Å²) in [5.74, 6) is -0.140. The minimum absolute atomic E-state index is 0.00406. The maximum Gasteiger partial charge on any atom is 0.237 e. The van der Waals surface area contributed by atoms with E-state index in [2.05, 4.69) is 17.6 Å². The molecule has 1 unspecified atom stereocenters. The lowest BCUT2D eigenvalue weighted by atomic mass is 10.2. The molecule has 0 aromatic heterocycles. The molecular weight excluding hydrogens is 415 g/mol. The molecule has 0 fully saturated rings. The van der Waals surface area contributed by atoms with Gasteiger partial charge >= 0.3 is 0 Å². The third kappa shape index (κ3) is 7.04. The maximum atomic E-state index is 12.7. The van der Waals surface area contributed by atoms with Gasteiger partial charge in [0.1, 0.15) is 0 Å². The molecule has 0 spiro atoms. The van der Waals surface area contributed by atoms with Crippen LogP contribution in [-0.2, 0) is 9.59 Å². The molecule has 4 nitrogen and oxygen atoms in total. The summed E-state index contributed by atoms with van der Waals surface area (Å²) in [5, 5.41) is 6.39. The predicted octanol–water partition coefficient (Wildman–Crippen LogP) is 6.63. The van der Waals surface area contributed by atoms with Crippen LogP contribution in [0, 0.1) is 0 Å². The van der Waals surface area contributed by atoms with Gasteiger partial charge in [0.25, 0.3) is 0 Å². The van der Waals surface area contributed by atoms with E-state index in [9.17, 15) is 9.59 Å². The molecule has 0 saturated heterocycles. The van der Waals surface area contributed by atoms with Gasteiger partial charge in [-0.15, -0.1) is 11.8 Å². The lowest BCUT2D eigenvalue weighted by molar-refractivity contribution is -0.116. The number of thioether (sulfide) groups is 1. The van der Waals surface area contributed by atoms with Crippen LogP contribution >= 0.6 is 35.0 Å². The van der Waals surface area contributed by atoms with Crippen molar-refractivity contribution in [2.24, 2.45) is 0 Å². The molecule has 28 heavy (non-hydrogen) atoms. The van der Waals surface area contributed by atoms with Crippen LogP contribution in [-0.4, -0.2) is 17.1 Å². The smallest absolute Gasteiger partial charge is 0.237 e. The van der Waals surface area contributed by atoms with Crippen LogP contribution in [0.25, 0.3) is 0 Å². The van der Waals surface area contributed by atoms with Crippen molar-refractivity contribution in [2.45, 2.75) is 49.7 Å². The number of unbranched alkanes of at least 4 members (excludes halogenated alkanes) is 1. The third-order valence-corrected chi connectivity index (χ3v) is 5.93. The van der Waals surface area contributed by atoms with Gasteiger partial charge in [0.2, 0.25) is 11.8 Å². The lowest BCUT2D eigenvalue weighted by Crippen LogP contribution is -2.24. The van der Waals surface area contributed by atoms with E-state index in [1.54, 1.807) is 18.2 Å². The van der Waals surface area contributed by atoms with Crippen LogP contribution in [0.4, 0.5) is 11.4 Å². The Morgan fingerprint density at radius 3 is 2.57 bits per heavy atom. The Morgan fingerprint density at radius 2 is 1.86 bits per heavy atom. The molecule has 0 aliphatic rings. The van der Waals surface area contributed by atoms with Gasteiger partial charge in [0, 0.05) is 22.0 Å². The summed E-state index contributed by atoms with van der Waals surface area (Å²) in [6, 6.07) is 12.5. The fourth-order valence-corrected chi connectivity index (χ4v) is 3.85. The average Bonchev–Trinajstić information content (AvgIpc) is 2.67. The molecule has 150 valence electrons. The fraction of sp³-hybridized carbons (Fsp3) is 0.333. The average molecular weight is 439 g/mol. The van der Waals surface area contributed by atoms with Gasteiger partial charge in [-0.3, -0.25) is 9.59 Å². The van der Waals surface area contributed by atoms with E-state index in [0.717, 1.165) is 23.4 Å². The quantitative estimate of drug-likeness (QED) is 0.431. The molecular formula is C21H24Cl2N2O2S. The largest absolute Gasteiger partial charge is 0.326 e. The molecule has 0 saturated carbocycles. The summed E-state index contributed by atoms with van der Waals surface area (Å²) in [6.45, 7) is 4.00. The van der Waals surface area contributed by atoms with E-state index in [1.165, 1.54) is 11.8 Å². The molecule has 0 heterocycles. The summed E-state index contributed by atoms with van der Waals surface area (Å²) in [4.78, 5) is 25.5. The highest BCUT2D eigenvalue weighted by Crippen LogP contribution is 2.30. The highest BCUT2D eigenvalue weighted by molar-refractivity contribution is 8.00. The molecule has 2 amide bonds. The van der Waals surface area contributed by atoms with Crippen LogP contribution in [0.2, 0.25) is 10.0 Å². The second kappa shape index (κ2) is 11.3. The summed E-state index contributed by atoms with van der Waals surface area (Å²) >= 11 is 13.6. The number of anilines is 2. The first-order valence-corrected chi connectivity index (χ1v) is 10.9. The highest BCUT2D eigenvalue weighted by Gasteiger charge is 2.19. The maximum absolute atomic E-state index is 12.7. The molecule has 2 aromatic carbocycles. The molecule has 0 radical (unpaired) electrons. The zero-order valence-corrected chi connectivity index (χ0v) is 18.3. The van der Waals surface area contributed by atoms with E-state index in [-0.39, 0.29) is 17.1 Å². The number of benzene rings is 2. The number of amides is 2. The Kier molecular flexibility index (Phi) is 9.16. The zero-order chi connectivity index (χ0) is 20.5. The Morgan fingerprint density at radius 1 is 1.07 bits per heavy atom. The van der Waals surface area contributed by atoms with Crippen LogP contribution in [0.3, 0.4) is 0 Å². The minimum Gasteiger partial charge on any atom is -0.326 e. The second-order valence-corrected chi connectivity index (χ2v) is 8.43. The van der Waals surface area contributed by atoms with E-state index in [1.807, 2.05) is 31.2 Å². The number of hydrogen-bond donors (Lipinski definition) is 2. The van der Waals surface area contributed by atoms with E-state index in [4.69, 9.17) is 23.2 Å². The van der Waals surface area contributed by atoms with Crippen molar-refractivity contribution in [1.29, 1.82) is 0 Å². The van der Waals surface area contributed by atoms with Crippen molar-refractivity contribution < 1.29 is 9.59 Å². The fourth-order valence-electron chi connectivity index (χ4n) is 2.50. The van der Waals surface area contributed by atoms with E-state index >= 15 is 0 Å². The molecule has 0 aliphatic carbocycles. The number of hydrogen-bond acceptors (Lipinski definition) is 3. The number of nitrogens with one attached hydrogen (secondary N) is 2. The molecule has 1 atom stereocenters. The van der Waals surface area contributed by atoms with Gasteiger partial charge in [-0.1, -0.05) is 49.5 Å². The Labute approximate surface area is 180 Å². The van der Waals surface area contributed by atoms with Crippen LogP contribution in [0.1, 0.15) is 39.5 Å². The summed E-state index contributed by atoms with van der Waals surface area (Å²) in [7, 11) is 0. The molecule has 0 aliphatic heterocycles. The van der Waals surface area contributed by atoms with Crippen molar-refractivity contribution in [3.63, 3.8) is 0 Å². The third-order valence-electron chi connectivity index (χ3n) is 4.00. The Balaban J connectivity index is 2.03. The van der Waals surface area contributed by atoms with Crippen molar-refractivity contribution in [3.05, 3.63) is 52.5 Å². The Bertz CT molecular complexity index is 830. The number of carbonyl (C=O) groups excluding carboxylic acids is 2. The summed E-state index contributed by atoms with van der Waals surface area (Å²) in [5.41, 5.74) is 1.23.